The van der Waals surface area contributed by atoms with Gasteiger partial charge in [-0.2, -0.15) is 0 Å². The molecule has 1 heterocycles. The monoisotopic (exact) mass is 460 g/mol. The molecule has 0 unspecified atom stereocenters. The van der Waals surface area contributed by atoms with Gasteiger partial charge in [-0.3, -0.25) is 0 Å². The minimum absolute atomic E-state index is 0. The Kier molecular flexibility index (Phi) is 8.88. The third-order valence-corrected chi connectivity index (χ3v) is 4.86. The van der Waals surface area contributed by atoms with Gasteiger partial charge in [-0.1, -0.05) is 26.3 Å². The van der Waals surface area contributed by atoms with Crippen molar-refractivity contribution in [3.63, 3.8) is 0 Å². The van der Waals surface area contributed by atoms with Crippen molar-refractivity contribution in [2.75, 3.05) is 13.1 Å². The average Bonchev–Trinajstić information content (AvgIpc) is 2.82. The molecule has 0 bridgehead atoms. The lowest BCUT2D eigenvalue weighted by atomic mass is 9.64. The number of hydrogen-bond acceptors (Lipinski definition) is 3. The summed E-state index contributed by atoms with van der Waals surface area (Å²) in [6, 6.07) is 0. The Morgan fingerprint density at radius 2 is 2.08 bits per heavy atom. The zero-order chi connectivity index (χ0) is 17.6. The standard InChI is InChI=1S/C18H32N6.HI/c1-6-10-19-17(20-12-16-23-22-15(4)24(16)5)21-13-18(8-7-9-18)11-14(2)3;/h6,14H,1,7-13H2,2-5H3,(H2,19,20,21);1H. The predicted octanol–water partition coefficient (Wildman–Crippen LogP) is 3.18. The molecule has 2 rings (SSSR count). The molecule has 0 amide bonds. The van der Waals surface area contributed by atoms with E-state index in [9.17, 15) is 0 Å². The van der Waals surface area contributed by atoms with E-state index >= 15 is 0 Å². The Balaban J connectivity index is 0.00000312. The topological polar surface area (TPSA) is 67.1 Å². The fourth-order valence-corrected chi connectivity index (χ4v) is 3.35. The minimum Gasteiger partial charge on any atom is -0.356 e. The molecular weight excluding hydrogens is 427 g/mol. The molecule has 0 aliphatic heterocycles. The third kappa shape index (κ3) is 6.27. The number of aromatic nitrogens is 3. The number of aliphatic imine (C=N–C) groups is 1. The van der Waals surface area contributed by atoms with E-state index in [1.807, 2.05) is 24.6 Å². The molecule has 0 radical (unpaired) electrons. The second kappa shape index (κ2) is 10.1. The second-order valence-electron chi connectivity index (χ2n) is 7.36. The Morgan fingerprint density at radius 1 is 1.36 bits per heavy atom. The molecule has 0 atom stereocenters. The van der Waals surface area contributed by atoms with Gasteiger partial charge >= 0.3 is 0 Å². The van der Waals surface area contributed by atoms with Crippen molar-refractivity contribution < 1.29 is 0 Å². The number of halogens is 1. The van der Waals surface area contributed by atoms with Gasteiger partial charge in [0.1, 0.15) is 12.4 Å². The Labute approximate surface area is 169 Å². The first-order valence-electron chi connectivity index (χ1n) is 8.94. The van der Waals surface area contributed by atoms with E-state index in [4.69, 9.17) is 0 Å². The second-order valence-corrected chi connectivity index (χ2v) is 7.36. The van der Waals surface area contributed by atoms with Crippen molar-refractivity contribution in [2.24, 2.45) is 23.4 Å². The molecule has 0 spiro atoms. The maximum atomic E-state index is 4.67. The van der Waals surface area contributed by atoms with Gasteiger partial charge in [0.2, 0.25) is 0 Å². The number of nitrogens with zero attached hydrogens (tertiary/aromatic N) is 4. The zero-order valence-corrected chi connectivity index (χ0v) is 18.3. The van der Waals surface area contributed by atoms with Crippen molar-refractivity contribution >= 4 is 29.9 Å². The highest BCUT2D eigenvalue weighted by atomic mass is 127. The first kappa shape index (κ1) is 21.9. The van der Waals surface area contributed by atoms with Gasteiger partial charge in [-0.25, -0.2) is 4.99 Å². The Hall–Kier alpha value is -1.12. The van der Waals surface area contributed by atoms with Crippen molar-refractivity contribution in [3.05, 3.63) is 24.3 Å². The van der Waals surface area contributed by atoms with Crippen LogP contribution in [0.15, 0.2) is 17.6 Å². The number of hydrogen-bond donors (Lipinski definition) is 2. The smallest absolute Gasteiger partial charge is 0.191 e. The number of guanidine groups is 1. The lowest BCUT2D eigenvalue weighted by Crippen LogP contribution is -2.47. The molecule has 1 aliphatic rings. The van der Waals surface area contributed by atoms with Crippen LogP contribution in [0.5, 0.6) is 0 Å². The fourth-order valence-electron chi connectivity index (χ4n) is 3.35. The normalized spacial score (nSPS) is 16.1. The molecule has 6 nitrogen and oxygen atoms in total. The maximum Gasteiger partial charge on any atom is 0.191 e. The van der Waals surface area contributed by atoms with Crippen LogP contribution in [0.2, 0.25) is 0 Å². The Morgan fingerprint density at radius 3 is 2.56 bits per heavy atom. The van der Waals surface area contributed by atoms with Gasteiger partial charge in [0.05, 0.1) is 0 Å². The average molecular weight is 460 g/mol. The van der Waals surface area contributed by atoms with Crippen LogP contribution in [0.3, 0.4) is 0 Å². The molecular formula is C18H33IN6. The van der Waals surface area contributed by atoms with E-state index in [1.165, 1.54) is 25.7 Å². The molecule has 2 N–H and O–H groups in total. The van der Waals surface area contributed by atoms with Gasteiger partial charge in [0.25, 0.3) is 0 Å². The summed E-state index contributed by atoms with van der Waals surface area (Å²) in [4.78, 5) is 4.67. The largest absolute Gasteiger partial charge is 0.356 e. The zero-order valence-electron chi connectivity index (χ0n) is 16.0. The maximum absolute atomic E-state index is 4.67. The molecule has 7 heteroatoms. The minimum atomic E-state index is 0. The van der Waals surface area contributed by atoms with Crippen LogP contribution in [0, 0.1) is 18.3 Å². The first-order chi connectivity index (χ1) is 11.5. The SMILES string of the molecule is C=CCNC(=NCc1nnc(C)n1C)NCC1(CC(C)C)CCC1.I. The molecule has 0 aromatic carbocycles. The lowest BCUT2D eigenvalue weighted by Gasteiger charge is -2.43. The summed E-state index contributed by atoms with van der Waals surface area (Å²) in [6.45, 7) is 12.5. The fraction of sp³-hybridized carbons (Fsp3) is 0.722. The van der Waals surface area contributed by atoms with Crippen molar-refractivity contribution in [2.45, 2.75) is 53.0 Å². The van der Waals surface area contributed by atoms with Gasteiger partial charge < -0.3 is 15.2 Å². The summed E-state index contributed by atoms with van der Waals surface area (Å²) in [5.74, 6) is 3.33. The number of aryl methyl sites for hydroxylation is 1. The number of rotatable bonds is 8. The summed E-state index contributed by atoms with van der Waals surface area (Å²) in [5, 5.41) is 15.1. The quantitative estimate of drug-likeness (QED) is 0.271. The van der Waals surface area contributed by atoms with Crippen LogP contribution in [-0.4, -0.2) is 33.8 Å². The van der Waals surface area contributed by atoms with Crippen LogP contribution in [0.4, 0.5) is 0 Å². The van der Waals surface area contributed by atoms with E-state index in [-0.39, 0.29) is 24.0 Å². The van der Waals surface area contributed by atoms with E-state index < -0.39 is 0 Å². The van der Waals surface area contributed by atoms with Crippen molar-refractivity contribution in [3.8, 4) is 0 Å². The van der Waals surface area contributed by atoms with Gasteiger partial charge in [0, 0.05) is 20.1 Å². The van der Waals surface area contributed by atoms with Gasteiger partial charge in [0.15, 0.2) is 11.8 Å². The van der Waals surface area contributed by atoms with Crippen LogP contribution >= 0.6 is 24.0 Å². The summed E-state index contributed by atoms with van der Waals surface area (Å²) >= 11 is 0. The summed E-state index contributed by atoms with van der Waals surface area (Å²) in [7, 11) is 1.97. The first-order valence-corrected chi connectivity index (χ1v) is 8.94. The number of nitrogens with one attached hydrogen (secondary N) is 2. The van der Waals surface area contributed by atoms with E-state index in [0.29, 0.717) is 18.5 Å². The van der Waals surface area contributed by atoms with Crippen LogP contribution in [-0.2, 0) is 13.6 Å². The molecule has 1 aromatic rings. The van der Waals surface area contributed by atoms with Gasteiger partial charge in [-0.15, -0.1) is 40.8 Å². The summed E-state index contributed by atoms with van der Waals surface area (Å²) in [5.41, 5.74) is 0.437. The van der Waals surface area contributed by atoms with Crippen LogP contribution in [0.25, 0.3) is 0 Å². The summed E-state index contributed by atoms with van der Waals surface area (Å²) < 4.78 is 1.97. The van der Waals surface area contributed by atoms with Gasteiger partial charge in [-0.05, 0) is 37.5 Å². The molecule has 0 saturated heterocycles. The Bertz CT molecular complexity index is 574. The van der Waals surface area contributed by atoms with Crippen molar-refractivity contribution in [1.82, 2.24) is 25.4 Å². The molecule has 142 valence electrons. The lowest BCUT2D eigenvalue weighted by molar-refractivity contribution is 0.104. The van der Waals surface area contributed by atoms with E-state index in [1.54, 1.807) is 0 Å². The highest BCUT2D eigenvalue weighted by Crippen LogP contribution is 2.45. The third-order valence-electron chi connectivity index (χ3n) is 4.86. The summed E-state index contributed by atoms with van der Waals surface area (Å²) in [6.07, 6.45) is 7.10. The highest BCUT2D eigenvalue weighted by Gasteiger charge is 2.37. The van der Waals surface area contributed by atoms with Crippen LogP contribution in [0.1, 0.15) is 51.2 Å². The van der Waals surface area contributed by atoms with Crippen molar-refractivity contribution in [1.29, 1.82) is 0 Å². The molecule has 25 heavy (non-hydrogen) atoms. The highest BCUT2D eigenvalue weighted by molar-refractivity contribution is 14.0. The molecule has 1 saturated carbocycles. The van der Waals surface area contributed by atoms with E-state index in [0.717, 1.165) is 30.1 Å². The van der Waals surface area contributed by atoms with Crippen LogP contribution < -0.4 is 10.6 Å². The molecule has 1 aliphatic carbocycles. The molecule has 1 fully saturated rings. The predicted molar refractivity (Wildman–Crippen MR) is 114 cm³/mol. The van der Waals surface area contributed by atoms with E-state index in [2.05, 4.69) is 46.2 Å². The molecule has 1 aromatic heterocycles.